The summed E-state index contributed by atoms with van der Waals surface area (Å²) in [6.45, 7) is 5.60. The molecule has 0 unspecified atom stereocenters. The molecule has 2 amide bonds. The van der Waals surface area contributed by atoms with Crippen molar-refractivity contribution in [2.45, 2.75) is 45.8 Å². The molecule has 7 heteroatoms. The Kier molecular flexibility index (Phi) is 4.40. The summed E-state index contributed by atoms with van der Waals surface area (Å²) in [5.74, 6) is 0.547. The Bertz CT molecular complexity index is 535. The van der Waals surface area contributed by atoms with Gasteiger partial charge in [-0.1, -0.05) is 0 Å². The monoisotopic (exact) mass is 292 g/mol. The van der Waals surface area contributed by atoms with Gasteiger partial charge in [0.15, 0.2) is 0 Å². The lowest BCUT2D eigenvalue weighted by Crippen LogP contribution is -2.32. The van der Waals surface area contributed by atoms with Gasteiger partial charge < -0.3 is 15.4 Å². The van der Waals surface area contributed by atoms with Crippen LogP contribution in [0.2, 0.25) is 0 Å². The summed E-state index contributed by atoms with van der Waals surface area (Å²) in [5.41, 5.74) is 0.0565. The van der Waals surface area contributed by atoms with Gasteiger partial charge in [-0.15, -0.1) is 0 Å². The third-order valence-electron chi connectivity index (χ3n) is 2.74. The first kappa shape index (κ1) is 15.2. The van der Waals surface area contributed by atoms with Crippen LogP contribution in [0.25, 0.3) is 0 Å². The molecule has 2 N–H and O–H groups in total. The molecule has 2 rings (SSSR count). The first-order chi connectivity index (χ1) is 9.83. The number of hydrogen-bond acceptors (Lipinski definition) is 5. The fourth-order valence-corrected chi connectivity index (χ4v) is 1.61. The van der Waals surface area contributed by atoms with E-state index >= 15 is 0 Å². The van der Waals surface area contributed by atoms with E-state index < -0.39 is 11.7 Å². The maximum atomic E-state index is 11.6. The van der Waals surface area contributed by atoms with Gasteiger partial charge in [-0.3, -0.25) is 4.79 Å². The fraction of sp³-hybridized carbons (Fsp3) is 0.571. The van der Waals surface area contributed by atoms with Gasteiger partial charge >= 0.3 is 6.09 Å². The van der Waals surface area contributed by atoms with Crippen LogP contribution >= 0.6 is 0 Å². The molecule has 0 bridgehead atoms. The van der Waals surface area contributed by atoms with Gasteiger partial charge in [-0.2, -0.15) is 0 Å². The zero-order valence-corrected chi connectivity index (χ0v) is 12.5. The molecular formula is C14H20N4O3. The molecule has 0 aliphatic heterocycles. The molecule has 1 fully saturated rings. The highest BCUT2D eigenvalue weighted by molar-refractivity contribution is 5.93. The Morgan fingerprint density at radius 3 is 2.67 bits per heavy atom. The fourth-order valence-electron chi connectivity index (χ4n) is 1.61. The van der Waals surface area contributed by atoms with E-state index in [-0.39, 0.29) is 18.4 Å². The molecule has 0 radical (unpaired) electrons. The van der Waals surface area contributed by atoms with E-state index in [1.54, 1.807) is 26.8 Å². The Labute approximate surface area is 123 Å². The first-order valence-electron chi connectivity index (χ1n) is 6.92. The molecule has 1 aliphatic carbocycles. The topological polar surface area (TPSA) is 93.2 Å². The Morgan fingerprint density at radius 1 is 1.33 bits per heavy atom. The zero-order valence-electron chi connectivity index (χ0n) is 12.5. The number of rotatable bonds is 4. The van der Waals surface area contributed by atoms with E-state index in [0.717, 1.165) is 12.8 Å². The smallest absolute Gasteiger partial charge is 0.407 e. The van der Waals surface area contributed by atoms with Crippen LogP contribution in [0.5, 0.6) is 0 Å². The van der Waals surface area contributed by atoms with Crippen LogP contribution in [-0.2, 0) is 16.1 Å². The van der Waals surface area contributed by atoms with Gasteiger partial charge in [-0.25, -0.2) is 14.8 Å². The van der Waals surface area contributed by atoms with E-state index in [1.807, 2.05) is 0 Å². The number of carbonyl (C=O) groups is 2. The highest BCUT2D eigenvalue weighted by Crippen LogP contribution is 2.29. The second-order valence-electron chi connectivity index (χ2n) is 6.01. The third-order valence-corrected chi connectivity index (χ3v) is 2.74. The maximum absolute atomic E-state index is 11.6. The van der Waals surface area contributed by atoms with Crippen molar-refractivity contribution in [3.05, 3.63) is 18.1 Å². The van der Waals surface area contributed by atoms with Crippen molar-refractivity contribution in [1.29, 1.82) is 0 Å². The number of carbonyl (C=O) groups excluding carboxylic acids is 2. The van der Waals surface area contributed by atoms with Crippen molar-refractivity contribution >= 4 is 17.8 Å². The number of ether oxygens (including phenoxy) is 1. The van der Waals surface area contributed by atoms with Crippen molar-refractivity contribution in [3.63, 3.8) is 0 Å². The van der Waals surface area contributed by atoms with Crippen molar-refractivity contribution in [3.8, 4) is 0 Å². The van der Waals surface area contributed by atoms with Crippen molar-refractivity contribution in [2.24, 2.45) is 5.92 Å². The van der Waals surface area contributed by atoms with Gasteiger partial charge in [0, 0.05) is 12.0 Å². The molecule has 0 atom stereocenters. The van der Waals surface area contributed by atoms with Gasteiger partial charge in [-0.05, 0) is 33.6 Å². The molecule has 0 spiro atoms. The molecule has 1 saturated carbocycles. The van der Waals surface area contributed by atoms with Gasteiger partial charge in [0.2, 0.25) is 5.91 Å². The Balaban J connectivity index is 1.85. The van der Waals surface area contributed by atoms with E-state index in [2.05, 4.69) is 20.6 Å². The highest BCUT2D eigenvalue weighted by Gasteiger charge is 2.29. The molecular weight excluding hydrogens is 272 g/mol. The second kappa shape index (κ2) is 6.07. The van der Waals surface area contributed by atoms with Crippen LogP contribution in [0.3, 0.4) is 0 Å². The predicted octanol–water partition coefficient (Wildman–Crippen LogP) is 1.85. The minimum Gasteiger partial charge on any atom is -0.444 e. The van der Waals surface area contributed by atoms with Crippen LogP contribution in [0, 0.1) is 5.92 Å². The Morgan fingerprint density at radius 2 is 2.05 bits per heavy atom. The molecule has 1 aromatic rings. The van der Waals surface area contributed by atoms with Crippen LogP contribution in [-0.4, -0.2) is 27.6 Å². The summed E-state index contributed by atoms with van der Waals surface area (Å²) in [4.78, 5) is 31.2. The number of nitrogens with zero attached hydrogens (tertiary/aromatic N) is 2. The van der Waals surface area contributed by atoms with Gasteiger partial charge in [0.1, 0.15) is 17.7 Å². The van der Waals surface area contributed by atoms with Crippen LogP contribution in [0.15, 0.2) is 12.4 Å². The summed E-state index contributed by atoms with van der Waals surface area (Å²) in [6.07, 6.45) is 2.72. The van der Waals surface area contributed by atoms with E-state index in [0.29, 0.717) is 11.5 Å². The van der Waals surface area contributed by atoms with Crippen LogP contribution in [0.1, 0.15) is 39.3 Å². The number of aromatic nitrogens is 2. The molecule has 0 saturated heterocycles. The third kappa shape index (κ3) is 5.37. The van der Waals surface area contributed by atoms with E-state index in [4.69, 9.17) is 4.74 Å². The SMILES string of the molecule is CC(C)(C)OC(=O)NCc1cc(NC(=O)C2CC2)ncn1. The summed E-state index contributed by atoms with van der Waals surface area (Å²) in [6, 6.07) is 1.64. The summed E-state index contributed by atoms with van der Waals surface area (Å²) in [5, 5.41) is 5.34. The van der Waals surface area contributed by atoms with E-state index in [1.165, 1.54) is 6.33 Å². The number of hydrogen-bond donors (Lipinski definition) is 2. The average Bonchev–Trinajstić information content (AvgIpc) is 3.19. The standard InChI is InChI=1S/C14H20N4O3/c1-14(2,3)21-13(20)15-7-10-6-11(17-8-16-10)18-12(19)9-4-5-9/h6,8-9H,4-5,7H2,1-3H3,(H,15,20)(H,16,17,18,19). The zero-order chi connectivity index (χ0) is 15.5. The van der Waals surface area contributed by atoms with Crippen molar-refractivity contribution in [2.75, 3.05) is 5.32 Å². The highest BCUT2D eigenvalue weighted by atomic mass is 16.6. The van der Waals surface area contributed by atoms with Crippen LogP contribution in [0.4, 0.5) is 10.6 Å². The minimum atomic E-state index is -0.543. The maximum Gasteiger partial charge on any atom is 0.407 e. The molecule has 1 heterocycles. The predicted molar refractivity (Wildman–Crippen MR) is 76.5 cm³/mol. The second-order valence-corrected chi connectivity index (χ2v) is 6.01. The minimum absolute atomic E-state index is 0.0141. The van der Waals surface area contributed by atoms with E-state index in [9.17, 15) is 9.59 Å². The van der Waals surface area contributed by atoms with Gasteiger partial charge in [0.05, 0.1) is 12.2 Å². The summed E-state index contributed by atoms with van der Waals surface area (Å²) in [7, 11) is 0. The van der Waals surface area contributed by atoms with Crippen molar-refractivity contribution in [1.82, 2.24) is 15.3 Å². The van der Waals surface area contributed by atoms with Gasteiger partial charge in [0.25, 0.3) is 0 Å². The number of amides is 2. The summed E-state index contributed by atoms with van der Waals surface area (Å²) < 4.78 is 5.13. The molecule has 21 heavy (non-hydrogen) atoms. The molecule has 1 aliphatic rings. The lowest BCUT2D eigenvalue weighted by Gasteiger charge is -2.19. The van der Waals surface area contributed by atoms with Crippen molar-refractivity contribution < 1.29 is 14.3 Å². The number of alkyl carbamates (subject to hydrolysis) is 1. The Hall–Kier alpha value is -2.18. The molecule has 1 aromatic heterocycles. The normalized spacial score (nSPS) is 14.4. The average molecular weight is 292 g/mol. The van der Waals surface area contributed by atoms with Crippen LogP contribution < -0.4 is 10.6 Å². The molecule has 0 aromatic carbocycles. The largest absolute Gasteiger partial charge is 0.444 e. The molecule has 7 nitrogen and oxygen atoms in total. The number of nitrogens with one attached hydrogen (secondary N) is 2. The lowest BCUT2D eigenvalue weighted by molar-refractivity contribution is -0.117. The number of anilines is 1. The summed E-state index contributed by atoms with van der Waals surface area (Å²) >= 11 is 0. The lowest BCUT2D eigenvalue weighted by atomic mass is 10.2. The quantitative estimate of drug-likeness (QED) is 0.883. The first-order valence-corrected chi connectivity index (χ1v) is 6.92. The molecule has 114 valence electrons.